The van der Waals surface area contributed by atoms with Gasteiger partial charge in [-0.05, 0) is 38.7 Å². The molecule has 1 aromatic carbocycles. The summed E-state index contributed by atoms with van der Waals surface area (Å²) in [4.78, 5) is 2.06. The molecule has 0 saturated carbocycles. The van der Waals surface area contributed by atoms with E-state index in [0.29, 0.717) is 0 Å². The minimum Gasteiger partial charge on any atom is -0.394 e. The average Bonchev–Trinajstić information content (AvgIpc) is 2.29. The van der Waals surface area contributed by atoms with Gasteiger partial charge >= 0.3 is 0 Å². The number of likely N-dealkylation sites (N-methyl/N-ethyl adjacent to an activating group) is 1. The lowest BCUT2D eigenvalue weighted by Crippen LogP contribution is -2.45. The molecule has 3 nitrogen and oxygen atoms in total. The number of nitrogens with zero attached hydrogens (tertiary/aromatic N) is 1. The number of aliphatic hydroxyl groups excluding tert-OH is 1. The molecule has 0 aliphatic rings. The molecule has 1 atom stereocenters. The van der Waals surface area contributed by atoms with E-state index in [2.05, 4.69) is 10.2 Å². The van der Waals surface area contributed by atoms with Crippen molar-refractivity contribution in [2.24, 2.45) is 0 Å². The Morgan fingerprint density at radius 3 is 2.35 bits per heavy atom. The third kappa shape index (κ3) is 4.07. The zero-order chi connectivity index (χ0) is 12.9. The topological polar surface area (TPSA) is 35.5 Å². The zero-order valence-electron chi connectivity index (χ0n) is 10.7. The first-order valence-corrected chi connectivity index (χ1v) is 5.74. The van der Waals surface area contributed by atoms with E-state index in [-0.39, 0.29) is 12.4 Å². The van der Waals surface area contributed by atoms with Crippen LogP contribution in [0.15, 0.2) is 24.3 Å². The van der Waals surface area contributed by atoms with E-state index in [1.165, 1.54) is 12.1 Å². The van der Waals surface area contributed by atoms with Gasteiger partial charge in [-0.25, -0.2) is 4.39 Å². The van der Waals surface area contributed by atoms with E-state index in [0.717, 1.165) is 18.7 Å². The molecule has 0 heterocycles. The molecule has 4 heteroatoms. The van der Waals surface area contributed by atoms with Gasteiger partial charge in [-0.3, -0.25) is 0 Å². The maximum Gasteiger partial charge on any atom is 0.123 e. The Hall–Kier alpha value is -0.970. The second kappa shape index (κ2) is 6.10. The predicted molar refractivity (Wildman–Crippen MR) is 67.4 cm³/mol. The molecule has 0 amide bonds. The summed E-state index contributed by atoms with van der Waals surface area (Å²) >= 11 is 0. The smallest absolute Gasteiger partial charge is 0.123 e. The standard InChI is InChI=1S/C13H21FN2O/c1-13(10-17,15-8-9-16(2)3)11-4-6-12(14)7-5-11/h4-7,15,17H,8-10H2,1-3H3. The predicted octanol–water partition coefficient (Wildman–Crippen LogP) is 1.18. The molecule has 0 radical (unpaired) electrons. The molecule has 1 rings (SSSR count). The zero-order valence-corrected chi connectivity index (χ0v) is 10.7. The van der Waals surface area contributed by atoms with Gasteiger partial charge in [0, 0.05) is 13.1 Å². The van der Waals surface area contributed by atoms with Crippen molar-refractivity contribution in [2.45, 2.75) is 12.5 Å². The van der Waals surface area contributed by atoms with Crippen LogP contribution in [0, 0.1) is 5.82 Å². The third-order valence-electron chi connectivity index (χ3n) is 2.87. The van der Waals surface area contributed by atoms with E-state index in [1.807, 2.05) is 21.0 Å². The number of halogens is 1. The van der Waals surface area contributed by atoms with Crippen molar-refractivity contribution in [3.8, 4) is 0 Å². The van der Waals surface area contributed by atoms with Crippen molar-refractivity contribution in [3.63, 3.8) is 0 Å². The summed E-state index contributed by atoms with van der Waals surface area (Å²) in [6.45, 7) is 3.54. The Morgan fingerprint density at radius 2 is 1.88 bits per heavy atom. The molecule has 2 N–H and O–H groups in total. The summed E-state index contributed by atoms with van der Waals surface area (Å²) < 4.78 is 12.8. The average molecular weight is 240 g/mol. The van der Waals surface area contributed by atoms with E-state index < -0.39 is 5.54 Å². The molecule has 0 fully saturated rings. The van der Waals surface area contributed by atoms with Gasteiger partial charge in [-0.15, -0.1) is 0 Å². The molecule has 0 aliphatic carbocycles. The summed E-state index contributed by atoms with van der Waals surface area (Å²) in [5.74, 6) is -0.262. The van der Waals surface area contributed by atoms with Gasteiger partial charge in [-0.2, -0.15) is 0 Å². The molecule has 0 bridgehead atoms. The number of hydrogen-bond donors (Lipinski definition) is 2. The highest BCUT2D eigenvalue weighted by Gasteiger charge is 2.24. The second-order valence-electron chi connectivity index (χ2n) is 4.73. The van der Waals surface area contributed by atoms with Gasteiger partial charge in [0.2, 0.25) is 0 Å². The van der Waals surface area contributed by atoms with Crippen LogP contribution >= 0.6 is 0 Å². The van der Waals surface area contributed by atoms with Gasteiger partial charge in [0.05, 0.1) is 12.1 Å². The van der Waals surface area contributed by atoms with Crippen LogP contribution in [0.5, 0.6) is 0 Å². The van der Waals surface area contributed by atoms with Crippen LogP contribution in [0.4, 0.5) is 4.39 Å². The molecule has 17 heavy (non-hydrogen) atoms. The molecule has 0 saturated heterocycles. The Labute approximate surface area is 102 Å². The van der Waals surface area contributed by atoms with Crippen LogP contribution in [0.25, 0.3) is 0 Å². The minimum absolute atomic E-state index is 0.0218. The van der Waals surface area contributed by atoms with Crippen LogP contribution in [0.3, 0.4) is 0 Å². The second-order valence-corrected chi connectivity index (χ2v) is 4.73. The summed E-state index contributed by atoms with van der Waals surface area (Å²) in [6.07, 6.45) is 0. The summed E-state index contributed by atoms with van der Waals surface area (Å²) in [5, 5.41) is 12.8. The molecule has 1 aromatic rings. The highest BCUT2D eigenvalue weighted by molar-refractivity contribution is 5.24. The highest BCUT2D eigenvalue weighted by atomic mass is 19.1. The maximum absolute atomic E-state index is 12.8. The van der Waals surface area contributed by atoms with Crippen LogP contribution in [-0.2, 0) is 5.54 Å². The molecular weight excluding hydrogens is 219 g/mol. The third-order valence-corrected chi connectivity index (χ3v) is 2.87. The first-order valence-electron chi connectivity index (χ1n) is 5.74. The van der Waals surface area contributed by atoms with E-state index in [9.17, 15) is 9.50 Å². The van der Waals surface area contributed by atoms with Crippen molar-refractivity contribution in [1.29, 1.82) is 0 Å². The van der Waals surface area contributed by atoms with E-state index in [4.69, 9.17) is 0 Å². The Balaban J connectivity index is 2.70. The van der Waals surface area contributed by atoms with Crippen molar-refractivity contribution >= 4 is 0 Å². The molecule has 0 aromatic heterocycles. The summed E-state index contributed by atoms with van der Waals surface area (Å²) in [5.41, 5.74) is 0.365. The van der Waals surface area contributed by atoms with Crippen LogP contribution in [0.2, 0.25) is 0 Å². The van der Waals surface area contributed by atoms with Crippen LogP contribution in [-0.4, -0.2) is 43.8 Å². The lowest BCUT2D eigenvalue weighted by atomic mass is 9.93. The van der Waals surface area contributed by atoms with Crippen molar-refractivity contribution in [3.05, 3.63) is 35.6 Å². The fourth-order valence-corrected chi connectivity index (χ4v) is 1.62. The molecular formula is C13H21FN2O. The Morgan fingerprint density at radius 1 is 1.29 bits per heavy atom. The number of benzene rings is 1. The van der Waals surface area contributed by atoms with E-state index >= 15 is 0 Å². The van der Waals surface area contributed by atoms with Gasteiger partial charge in [0.1, 0.15) is 5.82 Å². The Kier molecular flexibility index (Phi) is 5.05. The first kappa shape index (κ1) is 14.1. The monoisotopic (exact) mass is 240 g/mol. The molecule has 96 valence electrons. The normalized spacial score (nSPS) is 14.9. The largest absolute Gasteiger partial charge is 0.394 e. The molecule has 0 aliphatic heterocycles. The van der Waals surface area contributed by atoms with Crippen molar-refractivity contribution < 1.29 is 9.50 Å². The van der Waals surface area contributed by atoms with Gasteiger partial charge < -0.3 is 15.3 Å². The summed E-state index contributed by atoms with van der Waals surface area (Å²) in [7, 11) is 3.99. The number of hydrogen-bond acceptors (Lipinski definition) is 3. The van der Waals surface area contributed by atoms with Gasteiger partial charge in [0.15, 0.2) is 0 Å². The van der Waals surface area contributed by atoms with Gasteiger partial charge in [0.25, 0.3) is 0 Å². The lowest BCUT2D eigenvalue weighted by Gasteiger charge is -2.30. The van der Waals surface area contributed by atoms with Crippen molar-refractivity contribution in [1.82, 2.24) is 10.2 Å². The molecule has 1 unspecified atom stereocenters. The van der Waals surface area contributed by atoms with Crippen LogP contribution < -0.4 is 5.32 Å². The Bertz CT molecular complexity index is 340. The highest BCUT2D eigenvalue weighted by Crippen LogP contribution is 2.20. The van der Waals surface area contributed by atoms with Crippen LogP contribution in [0.1, 0.15) is 12.5 Å². The number of rotatable bonds is 6. The number of nitrogens with one attached hydrogen (secondary N) is 1. The number of aliphatic hydroxyl groups is 1. The van der Waals surface area contributed by atoms with E-state index in [1.54, 1.807) is 12.1 Å². The van der Waals surface area contributed by atoms with Gasteiger partial charge in [-0.1, -0.05) is 12.1 Å². The molecule has 0 spiro atoms. The fraction of sp³-hybridized carbons (Fsp3) is 0.538. The quantitative estimate of drug-likeness (QED) is 0.784. The fourth-order valence-electron chi connectivity index (χ4n) is 1.62. The lowest BCUT2D eigenvalue weighted by molar-refractivity contribution is 0.172. The summed E-state index contributed by atoms with van der Waals surface area (Å²) in [6, 6.07) is 6.23. The minimum atomic E-state index is -0.524. The SMILES string of the molecule is CN(C)CCNC(C)(CO)c1ccc(F)cc1. The van der Waals surface area contributed by atoms with Crippen molar-refractivity contribution in [2.75, 3.05) is 33.8 Å². The maximum atomic E-state index is 12.8. The first-order chi connectivity index (χ1) is 7.98.